The molecule has 8 aliphatic carbocycles. The summed E-state index contributed by atoms with van der Waals surface area (Å²) in [6, 6.07) is 50.4. The lowest BCUT2D eigenvalue weighted by atomic mass is 9.90. The minimum atomic E-state index is 1.01. The van der Waals surface area contributed by atoms with Crippen molar-refractivity contribution < 1.29 is 4.57 Å². The average Bonchev–Trinajstić information content (AvgIpc) is 3.64. The Labute approximate surface area is 290 Å². The monoisotopic (exact) mass is 633 g/mol. The highest BCUT2D eigenvalue weighted by Gasteiger charge is 2.19. The summed E-state index contributed by atoms with van der Waals surface area (Å²) in [5, 5.41) is 0. The quantitative estimate of drug-likeness (QED) is 0.171. The molecule has 1 heterocycles. The molecule has 15 rings (SSSR count). The standard InChI is InChI=1S/C47H41N2/c1-3-7-38(8-4-1)44-29-34-11-19-40(44)21-13-36-17-25-42(23-15-34)46(31-36)48-27-28-49(33-48)47-32-37-14-22-41-20-12-35(16-24-43(47)26-18-37)30-45(41)39-9-5-2-6-10-39/h1-12,17-20,25-33H,13-16,21-24H2/q+1. The first kappa shape index (κ1) is 29.7. The van der Waals surface area contributed by atoms with Crippen molar-refractivity contribution in [1.29, 1.82) is 0 Å². The van der Waals surface area contributed by atoms with E-state index < -0.39 is 0 Å². The maximum absolute atomic E-state index is 2.44. The Balaban J connectivity index is 1.02. The number of hydrogen-bond acceptors (Lipinski definition) is 0. The fraction of sp³-hybridized carbons (Fsp3) is 0.170. The summed E-state index contributed by atoms with van der Waals surface area (Å²) in [7, 11) is 0. The topological polar surface area (TPSA) is 8.81 Å². The van der Waals surface area contributed by atoms with Gasteiger partial charge in [0.2, 0.25) is 0 Å². The minimum Gasteiger partial charge on any atom is -0.202 e. The number of rotatable bonds is 4. The number of aryl methyl sites for hydroxylation is 8. The van der Waals surface area contributed by atoms with Crippen LogP contribution in [0.25, 0.3) is 33.6 Å². The molecule has 238 valence electrons. The van der Waals surface area contributed by atoms with Crippen molar-refractivity contribution >= 4 is 0 Å². The summed E-state index contributed by atoms with van der Waals surface area (Å²) >= 11 is 0. The molecule has 0 fully saturated rings. The van der Waals surface area contributed by atoms with Crippen LogP contribution in [0.2, 0.25) is 0 Å². The van der Waals surface area contributed by atoms with Crippen LogP contribution in [0.5, 0.6) is 0 Å². The smallest absolute Gasteiger partial charge is 0.202 e. The number of imidazole rings is 1. The van der Waals surface area contributed by atoms with Gasteiger partial charge in [0, 0.05) is 0 Å². The van der Waals surface area contributed by atoms with E-state index in [2.05, 4.69) is 161 Å². The molecule has 0 amide bonds. The summed E-state index contributed by atoms with van der Waals surface area (Å²) in [5.74, 6) is 0. The Morgan fingerprint density at radius 3 is 1.47 bits per heavy atom. The molecular formula is C47H41N2+. The largest absolute Gasteiger partial charge is 0.254 e. The van der Waals surface area contributed by atoms with Gasteiger partial charge in [-0.3, -0.25) is 0 Å². The first-order valence-electron chi connectivity index (χ1n) is 17.9. The first-order valence-corrected chi connectivity index (χ1v) is 17.9. The third-order valence-electron chi connectivity index (χ3n) is 10.7. The molecule has 0 unspecified atom stereocenters. The van der Waals surface area contributed by atoms with Crippen LogP contribution in [0.3, 0.4) is 0 Å². The average molecular weight is 634 g/mol. The van der Waals surface area contributed by atoms with Crippen molar-refractivity contribution in [3.8, 4) is 33.6 Å². The molecule has 8 aliphatic rings. The number of aromatic nitrogens is 2. The lowest BCUT2D eigenvalue weighted by Crippen LogP contribution is -2.30. The second-order valence-corrected chi connectivity index (χ2v) is 13.9. The van der Waals surface area contributed by atoms with E-state index in [1.165, 1.54) is 78.1 Å². The summed E-state index contributed by atoms with van der Waals surface area (Å²) in [5.41, 5.74) is 19.2. The predicted octanol–water partition coefficient (Wildman–Crippen LogP) is 9.86. The SMILES string of the molecule is c1ccc(-c2cc3ccc2CCc2ccc(c(-n4cc[n+](-c5cc6ccc5CCc5ccc(c(-c7ccccc7)c5)CC6)c4)c2)CC3)cc1. The van der Waals surface area contributed by atoms with Crippen LogP contribution in [-0.2, 0) is 51.4 Å². The molecule has 0 saturated heterocycles. The summed E-state index contributed by atoms with van der Waals surface area (Å²) in [6.07, 6.45) is 14.9. The van der Waals surface area contributed by atoms with Crippen molar-refractivity contribution in [3.05, 3.63) is 197 Å². The van der Waals surface area contributed by atoms with E-state index in [-0.39, 0.29) is 0 Å². The maximum atomic E-state index is 2.44. The third kappa shape index (κ3) is 6.04. The third-order valence-corrected chi connectivity index (χ3v) is 10.7. The molecule has 49 heavy (non-hydrogen) atoms. The van der Waals surface area contributed by atoms with E-state index in [0.29, 0.717) is 0 Å². The highest BCUT2D eigenvalue weighted by molar-refractivity contribution is 5.69. The van der Waals surface area contributed by atoms with E-state index >= 15 is 0 Å². The molecule has 0 radical (unpaired) electrons. The number of hydrogen-bond donors (Lipinski definition) is 0. The highest BCUT2D eigenvalue weighted by Crippen LogP contribution is 2.31. The van der Waals surface area contributed by atoms with Gasteiger partial charge in [-0.25, -0.2) is 9.13 Å². The Morgan fingerprint density at radius 2 is 0.878 bits per heavy atom. The van der Waals surface area contributed by atoms with Crippen LogP contribution in [0.4, 0.5) is 0 Å². The molecule has 7 aromatic rings. The van der Waals surface area contributed by atoms with Crippen LogP contribution in [0, 0.1) is 0 Å². The predicted molar refractivity (Wildman–Crippen MR) is 201 cm³/mol. The zero-order valence-electron chi connectivity index (χ0n) is 28.0. The van der Waals surface area contributed by atoms with Crippen LogP contribution in [-0.4, -0.2) is 4.57 Å². The zero-order valence-corrected chi connectivity index (χ0v) is 28.0. The molecule has 2 nitrogen and oxygen atoms in total. The molecule has 0 spiro atoms. The number of nitrogens with zero attached hydrogens (tertiary/aromatic N) is 2. The van der Waals surface area contributed by atoms with E-state index in [9.17, 15) is 0 Å². The van der Waals surface area contributed by atoms with Gasteiger partial charge >= 0.3 is 0 Å². The molecule has 8 bridgehead atoms. The maximum Gasteiger partial charge on any atom is 0.254 e. The molecular weight excluding hydrogens is 593 g/mol. The van der Waals surface area contributed by atoms with Crippen LogP contribution >= 0.6 is 0 Å². The molecule has 0 N–H and O–H groups in total. The Morgan fingerprint density at radius 1 is 0.408 bits per heavy atom. The second kappa shape index (κ2) is 12.9. The molecule has 0 atom stereocenters. The fourth-order valence-electron chi connectivity index (χ4n) is 7.96. The zero-order chi connectivity index (χ0) is 32.6. The molecule has 0 saturated carbocycles. The van der Waals surface area contributed by atoms with Crippen LogP contribution < -0.4 is 4.57 Å². The Bertz CT molecular complexity index is 2110. The Kier molecular flexibility index (Phi) is 7.78. The molecule has 0 aliphatic heterocycles. The van der Waals surface area contributed by atoms with Gasteiger partial charge in [-0.1, -0.05) is 121 Å². The van der Waals surface area contributed by atoms with Crippen molar-refractivity contribution in [2.24, 2.45) is 0 Å². The van der Waals surface area contributed by atoms with E-state index in [0.717, 1.165) is 51.4 Å². The van der Waals surface area contributed by atoms with Gasteiger partial charge in [0.05, 0.1) is 0 Å². The lowest BCUT2D eigenvalue weighted by molar-refractivity contribution is -0.595. The van der Waals surface area contributed by atoms with E-state index in [4.69, 9.17) is 0 Å². The normalized spacial score (nSPS) is 13.9. The van der Waals surface area contributed by atoms with Gasteiger partial charge in [-0.2, -0.15) is 0 Å². The summed E-state index contributed by atoms with van der Waals surface area (Å²) in [4.78, 5) is 0. The van der Waals surface area contributed by atoms with Gasteiger partial charge < -0.3 is 0 Å². The summed E-state index contributed by atoms with van der Waals surface area (Å²) < 4.78 is 4.71. The van der Waals surface area contributed by atoms with Crippen molar-refractivity contribution in [1.82, 2.24) is 4.57 Å². The van der Waals surface area contributed by atoms with Gasteiger partial charge in [-0.15, -0.1) is 0 Å². The van der Waals surface area contributed by atoms with Crippen LogP contribution in [0.1, 0.15) is 44.5 Å². The molecule has 1 aromatic heterocycles. The van der Waals surface area contributed by atoms with Crippen molar-refractivity contribution in [2.45, 2.75) is 51.4 Å². The van der Waals surface area contributed by atoms with E-state index in [1.807, 2.05) is 0 Å². The highest BCUT2D eigenvalue weighted by atomic mass is 15.1. The van der Waals surface area contributed by atoms with Gasteiger partial charge in [-0.05, 0) is 130 Å². The van der Waals surface area contributed by atoms with Crippen molar-refractivity contribution in [3.63, 3.8) is 0 Å². The fourth-order valence-corrected chi connectivity index (χ4v) is 7.96. The Hall–Kier alpha value is -5.47. The first-order chi connectivity index (χ1) is 24.2. The molecule has 2 heteroatoms. The van der Waals surface area contributed by atoms with E-state index in [1.54, 1.807) is 0 Å². The van der Waals surface area contributed by atoms with Gasteiger partial charge in [0.1, 0.15) is 23.8 Å². The van der Waals surface area contributed by atoms with Gasteiger partial charge in [0.25, 0.3) is 6.33 Å². The minimum absolute atomic E-state index is 1.01. The van der Waals surface area contributed by atoms with Gasteiger partial charge in [0.15, 0.2) is 0 Å². The molecule has 6 aromatic carbocycles. The van der Waals surface area contributed by atoms with Crippen molar-refractivity contribution in [2.75, 3.05) is 0 Å². The number of benzene rings is 6. The second-order valence-electron chi connectivity index (χ2n) is 13.9. The lowest BCUT2D eigenvalue weighted by Gasteiger charge is -2.16. The summed E-state index contributed by atoms with van der Waals surface area (Å²) in [6.45, 7) is 0. The van der Waals surface area contributed by atoms with Crippen LogP contribution in [0.15, 0.2) is 152 Å².